The molecule has 0 aliphatic carbocycles. The number of para-hydroxylation sites is 1. The van der Waals surface area contributed by atoms with Crippen LogP contribution in [0, 0.1) is 5.82 Å². The van der Waals surface area contributed by atoms with Gasteiger partial charge in [0.15, 0.2) is 0 Å². The van der Waals surface area contributed by atoms with Gasteiger partial charge in [-0.15, -0.1) is 0 Å². The second-order valence-electron chi connectivity index (χ2n) is 4.95. The third-order valence-corrected chi connectivity index (χ3v) is 4.58. The van der Waals surface area contributed by atoms with Crippen molar-refractivity contribution in [3.8, 4) is 0 Å². The Kier molecular flexibility index (Phi) is 4.08. The van der Waals surface area contributed by atoms with Crippen molar-refractivity contribution in [2.75, 3.05) is 7.05 Å². The van der Waals surface area contributed by atoms with E-state index in [4.69, 9.17) is 4.42 Å². The normalized spacial score (nSPS) is 12.7. The van der Waals surface area contributed by atoms with E-state index < -0.39 is 0 Å². The third kappa shape index (κ3) is 2.74. The Bertz CT molecular complexity index is 768. The summed E-state index contributed by atoms with van der Waals surface area (Å²) in [6.45, 7) is 0. The van der Waals surface area contributed by atoms with Crippen LogP contribution in [0.5, 0.6) is 0 Å². The van der Waals surface area contributed by atoms with Crippen LogP contribution in [-0.2, 0) is 6.42 Å². The number of hydrogen-bond donors (Lipinski definition) is 1. The van der Waals surface area contributed by atoms with Crippen LogP contribution in [-0.4, -0.2) is 7.05 Å². The molecule has 4 heteroatoms. The molecule has 2 nitrogen and oxygen atoms in total. The maximum atomic E-state index is 13.6. The molecule has 0 saturated carbocycles. The Morgan fingerprint density at radius 2 is 2.00 bits per heavy atom. The number of benzene rings is 2. The molecule has 1 aromatic heterocycles. The molecule has 3 aromatic rings. The van der Waals surface area contributed by atoms with Gasteiger partial charge in [0.05, 0.1) is 10.7 Å². The number of rotatable bonds is 4. The molecule has 21 heavy (non-hydrogen) atoms. The monoisotopic (exact) mass is 347 g/mol. The first-order valence-corrected chi connectivity index (χ1v) is 7.56. The van der Waals surface area contributed by atoms with Crippen molar-refractivity contribution in [3.63, 3.8) is 0 Å². The second-order valence-corrected chi connectivity index (χ2v) is 5.74. The van der Waals surface area contributed by atoms with E-state index in [1.54, 1.807) is 12.3 Å². The molecule has 0 amide bonds. The molecule has 1 unspecified atom stereocenters. The Labute approximate surface area is 131 Å². The summed E-state index contributed by atoms with van der Waals surface area (Å²) >= 11 is 3.32. The molecule has 0 saturated heterocycles. The van der Waals surface area contributed by atoms with Gasteiger partial charge >= 0.3 is 0 Å². The van der Waals surface area contributed by atoms with Crippen molar-refractivity contribution in [2.45, 2.75) is 12.5 Å². The predicted molar refractivity (Wildman–Crippen MR) is 85.8 cm³/mol. The standard InChI is InChI=1S/C17H15BrFNO/c1-20-15(9-11-5-4-7-14(19)17(11)18)13-10-21-16-8-3-2-6-12(13)16/h2-8,10,15,20H,9H2,1H3. The van der Waals surface area contributed by atoms with Crippen LogP contribution in [0.3, 0.4) is 0 Å². The largest absolute Gasteiger partial charge is 0.464 e. The van der Waals surface area contributed by atoms with E-state index in [0.29, 0.717) is 10.9 Å². The van der Waals surface area contributed by atoms with Crippen molar-refractivity contribution in [1.29, 1.82) is 0 Å². The number of halogens is 2. The number of fused-ring (bicyclic) bond motifs is 1. The van der Waals surface area contributed by atoms with E-state index in [2.05, 4.69) is 21.2 Å². The minimum absolute atomic E-state index is 0.0618. The molecule has 0 fully saturated rings. The summed E-state index contributed by atoms with van der Waals surface area (Å²) in [4.78, 5) is 0. The van der Waals surface area contributed by atoms with Gasteiger partial charge < -0.3 is 9.73 Å². The van der Waals surface area contributed by atoms with Gasteiger partial charge in [0.25, 0.3) is 0 Å². The van der Waals surface area contributed by atoms with Gasteiger partial charge in [-0.3, -0.25) is 0 Å². The van der Waals surface area contributed by atoms with Gasteiger partial charge in [-0.25, -0.2) is 4.39 Å². The highest BCUT2D eigenvalue weighted by Gasteiger charge is 2.17. The minimum atomic E-state index is -0.237. The van der Waals surface area contributed by atoms with Gasteiger partial charge in [-0.1, -0.05) is 30.3 Å². The second kappa shape index (κ2) is 6.00. The Balaban J connectivity index is 1.97. The lowest BCUT2D eigenvalue weighted by molar-refractivity contribution is 0.559. The number of furan rings is 1. The minimum Gasteiger partial charge on any atom is -0.464 e. The highest BCUT2D eigenvalue weighted by Crippen LogP contribution is 2.30. The summed E-state index contributed by atoms with van der Waals surface area (Å²) in [5.74, 6) is -0.237. The third-order valence-electron chi connectivity index (χ3n) is 3.69. The number of nitrogens with one attached hydrogen (secondary N) is 1. The first kappa shape index (κ1) is 14.3. The molecular formula is C17H15BrFNO. The van der Waals surface area contributed by atoms with Gasteiger partial charge in [-0.05, 0) is 47.1 Å². The molecular weight excluding hydrogens is 333 g/mol. The fourth-order valence-electron chi connectivity index (χ4n) is 2.56. The van der Waals surface area contributed by atoms with Crippen LogP contribution >= 0.6 is 15.9 Å². The maximum absolute atomic E-state index is 13.6. The zero-order valence-corrected chi connectivity index (χ0v) is 13.2. The summed E-state index contributed by atoms with van der Waals surface area (Å²) in [5, 5.41) is 4.38. The van der Waals surface area contributed by atoms with E-state index in [9.17, 15) is 4.39 Å². The van der Waals surface area contributed by atoms with E-state index in [-0.39, 0.29) is 11.9 Å². The van der Waals surface area contributed by atoms with Crippen LogP contribution in [0.2, 0.25) is 0 Å². The van der Waals surface area contributed by atoms with E-state index >= 15 is 0 Å². The Morgan fingerprint density at radius 1 is 1.19 bits per heavy atom. The molecule has 0 spiro atoms. The molecule has 3 rings (SSSR count). The van der Waals surface area contributed by atoms with Crippen molar-refractivity contribution < 1.29 is 8.81 Å². The molecule has 0 aliphatic heterocycles. The zero-order chi connectivity index (χ0) is 14.8. The molecule has 1 atom stereocenters. The zero-order valence-electron chi connectivity index (χ0n) is 11.6. The molecule has 2 aromatic carbocycles. The number of hydrogen-bond acceptors (Lipinski definition) is 2. The lowest BCUT2D eigenvalue weighted by atomic mass is 9.98. The highest BCUT2D eigenvalue weighted by molar-refractivity contribution is 9.10. The van der Waals surface area contributed by atoms with Crippen LogP contribution in [0.25, 0.3) is 11.0 Å². The maximum Gasteiger partial charge on any atom is 0.137 e. The summed E-state index contributed by atoms with van der Waals surface area (Å²) in [6.07, 6.45) is 2.46. The van der Waals surface area contributed by atoms with Crippen molar-refractivity contribution in [3.05, 3.63) is 70.1 Å². The predicted octanol–water partition coefficient (Wildman–Crippen LogP) is 4.84. The molecule has 1 heterocycles. The average Bonchev–Trinajstić information content (AvgIpc) is 2.93. The first-order valence-electron chi connectivity index (χ1n) is 6.77. The van der Waals surface area contributed by atoms with E-state index in [1.165, 1.54) is 6.07 Å². The lowest BCUT2D eigenvalue weighted by Crippen LogP contribution is -2.18. The van der Waals surface area contributed by atoms with Crippen LogP contribution in [0.1, 0.15) is 17.2 Å². The van der Waals surface area contributed by atoms with Gasteiger partial charge in [0.2, 0.25) is 0 Å². The molecule has 0 aliphatic rings. The van der Waals surface area contributed by atoms with Gasteiger partial charge in [-0.2, -0.15) is 0 Å². The fourth-order valence-corrected chi connectivity index (χ4v) is 2.99. The first-order chi connectivity index (χ1) is 10.2. The van der Waals surface area contributed by atoms with Crippen molar-refractivity contribution in [2.24, 2.45) is 0 Å². The number of likely N-dealkylation sites (N-methyl/N-ethyl adjacent to an activating group) is 1. The summed E-state index contributed by atoms with van der Waals surface area (Å²) in [5.41, 5.74) is 2.88. The van der Waals surface area contributed by atoms with Crippen molar-refractivity contribution in [1.82, 2.24) is 5.32 Å². The SMILES string of the molecule is CNC(Cc1cccc(F)c1Br)c1coc2ccccc12. The fraction of sp³-hybridized carbons (Fsp3) is 0.176. The van der Waals surface area contributed by atoms with Crippen LogP contribution in [0.4, 0.5) is 4.39 Å². The van der Waals surface area contributed by atoms with Crippen LogP contribution < -0.4 is 5.32 Å². The van der Waals surface area contributed by atoms with E-state index in [0.717, 1.165) is 22.1 Å². The lowest BCUT2D eigenvalue weighted by Gasteiger charge is -2.16. The topological polar surface area (TPSA) is 25.2 Å². The molecule has 0 radical (unpaired) electrons. The summed E-state index contributed by atoms with van der Waals surface area (Å²) in [6, 6.07) is 13.1. The van der Waals surface area contributed by atoms with Crippen LogP contribution in [0.15, 0.2) is 57.6 Å². The quantitative estimate of drug-likeness (QED) is 0.730. The Hall–Kier alpha value is -1.65. The molecule has 0 bridgehead atoms. The molecule has 1 N–H and O–H groups in total. The Morgan fingerprint density at radius 3 is 2.81 bits per heavy atom. The van der Waals surface area contributed by atoms with Gasteiger partial charge in [0, 0.05) is 17.0 Å². The highest BCUT2D eigenvalue weighted by atomic mass is 79.9. The molecule has 108 valence electrons. The van der Waals surface area contributed by atoms with E-state index in [1.807, 2.05) is 37.4 Å². The van der Waals surface area contributed by atoms with Crippen molar-refractivity contribution >= 4 is 26.9 Å². The van der Waals surface area contributed by atoms with Gasteiger partial charge in [0.1, 0.15) is 11.4 Å². The smallest absolute Gasteiger partial charge is 0.137 e. The average molecular weight is 348 g/mol. The summed E-state index contributed by atoms with van der Waals surface area (Å²) < 4.78 is 19.8. The summed E-state index contributed by atoms with van der Waals surface area (Å²) in [7, 11) is 1.90.